The van der Waals surface area contributed by atoms with Gasteiger partial charge in [0.1, 0.15) is 6.17 Å². The molecule has 0 rings (SSSR count). The van der Waals surface area contributed by atoms with E-state index in [1.165, 1.54) is 0 Å². The van der Waals surface area contributed by atoms with Gasteiger partial charge in [-0.1, -0.05) is 33.1 Å². The second-order valence-electron chi connectivity index (χ2n) is 6.74. The summed E-state index contributed by atoms with van der Waals surface area (Å²) in [6.45, 7) is 4.45. The molecule has 2 amide bonds. The molecule has 0 saturated carbocycles. The van der Waals surface area contributed by atoms with Crippen LogP contribution in [-0.4, -0.2) is 41.6 Å². The Balaban J connectivity index is 4.00. The van der Waals surface area contributed by atoms with Crippen LogP contribution in [0.4, 0.5) is 0 Å². The van der Waals surface area contributed by atoms with Crippen molar-refractivity contribution < 1.29 is 19.5 Å². The first-order valence-corrected chi connectivity index (χ1v) is 9.09. The van der Waals surface area contributed by atoms with Crippen LogP contribution in [0.5, 0.6) is 0 Å². The smallest absolute Gasteiger partial charge is 0.307 e. The summed E-state index contributed by atoms with van der Waals surface area (Å²) in [5.74, 6) is -1.50. The van der Waals surface area contributed by atoms with Gasteiger partial charge in [-0.15, -0.1) is 0 Å². The van der Waals surface area contributed by atoms with Gasteiger partial charge in [-0.05, 0) is 18.8 Å². The van der Waals surface area contributed by atoms with Gasteiger partial charge in [0, 0.05) is 19.4 Å². The number of nitrogens with one attached hydrogen (secondary N) is 4. The molecule has 1 atom stereocenters. The standard InChI is InChI=1S/C17H33N5O4/c1-12(2)10-15(24)22-13(11-16(25)26)21-14(23)8-6-4-3-5-7-9-20-17(18)19/h12-13H,3-11H2,1-2H3,(H,21,23)(H,22,24)(H,25,26)(H4,18,19,20)/t13-/m0/s1. The van der Waals surface area contributed by atoms with Gasteiger partial charge >= 0.3 is 5.97 Å². The maximum absolute atomic E-state index is 11.9. The van der Waals surface area contributed by atoms with Gasteiger partial charge in [-0.3, -0.25) is 19.8 Å². The minimum absolute atomic E-state index is 0.0296. The summed E-state index contributed by atoms with van der Waals surface area (Å²) in [5, 5.41) is 23.8. The van der Waals surface area contributed by atoms with Crippen LogP contribution >= 0.6 is 0 Å². The van der Waals surface area contributed by atoms with E-state index >= 15 is 0 Å². The van der Waals surface area contributed by atoms with E-state index in [0.29, 0.717) is 19.4 Å². The van der Waals surface area contributed by atoms with Crippen LogP contribution in [0.25, 0.3) is 0 Å². The van der Waals surface area contributed by atoms with E-state index in [1.54, 1.807) is 0 Å². The van der Waals surface area contributed by atoms with E-state index in [0.717, 1.165) is 25.7 Å². The van der Waals surface area contributed by atoms with Crippen LogP contribution < -0.4 is 21.7 Å². The van der Waals surface area contributed by atoms with Crippen molar-refractivity contribution >= 4 is 23.7 Å². The van der Waals surface area contributed by atoms with Gasteiger partial charge < -0.3 is 26.8 Å². The normalized spacial score (nSPS) is 11.7. The summed E-state index contributed by atoms with van der Waals surface area (Å²) in [5.41, 5.74) is 5.18. The first-order valence-electron chi connectivity index (χ1n) is 9.09. The molecule has 0 aromatic carbocycles. The number of guanidine groups is 1. The van der Waals surface area contributed by atoms with Gasteiger partial charge in [0.25, 0.3) is 0 Å². The second-order valence-corrected chi connectivity index (χ2v) is 6.74. The van der Waals surface area contributed by atoms with Crippen molar-refractivity contribution in [2.75, 3.05) is 6.54 Å². The van der Waals surface area contributed by atoms with Gasteiger partial charge in [-0.2, -0.15) is 0 Å². The molecule has 0 fully saturated rings. The molecule has 9 nitrogen and oxygen atoms in total. The molecule has 150 valence electrons. The number of nitrogens with two attached hydrogens (primary N) is 1. The molecule has 0 radical (unpaired) electrons. The summed E-state index contributed by atoms with van der Waals surface area (Å²) >= 11 is 0. The average molecular weight is 371 g/mol. The molecule has 0 aliphatic rings. The highest BCUT2D eigenvalue weighted by atomic mass is 16.4. The summed E-state index contributed by atoms with van der Waals surface area (Å²) in [7, 11) is 0. The predicted octanol–water partition coefficient (Wildman–Crippen LogP) is 0.889. The summed E-state index contributed by atoms with van der Waals surface area (Å²) in [6, 6.07) is 0. The Kier molecular flexibility index (Phi) is 12.7. The van der Waals surface area contributed by atoms with E-state index < -0.39 is 12.1 Å². The third kappa shape index (κ3) is 15.2. The summed E-state index contributed by atoms with van der Waals surface area (Å²) < 4.78 is 0. The largest absolute Gasteiger partial charge is 0.481 e. The fourth-order valence-corrected chi connectivity index (χ4v) is 2.37. The van der Waals surface area contributed by atoms with Crippen molar-refractivity contribution in [2.45, 2.75) is 71.4 Å². The molecule has 0 aliphatic carbocycles. The molecule has 0 aliphatic heterocycles. The maximum Gasteiger partial charge on any atom is 0.307 e. The van der Waals surface area contributed by atoms with E-state index in [4.69, 9.17) is 16.2 Å². The zero-order chi connectivity index (χ0) is 19.9. The first-order chi connectivity index (χ1) is 12.2. The van der Waals surface area contributed by atoms with E-state index in [-0.39, 0.29) is 36.5 Å². The molecule has 0 heterocycles. The fraction of sp³-hybridized carbons (Fsp3) is 0.765. The molecule has 9 heteroatoms. The Morgan fingerprint density at radius 1 is 0.962 bits per heavy atom. The highest BCUT2D eigenvalue weighted by Crippen LogP contribution is 2.05. The molecule has 0 saturated heterocycles. The number of aliphatic carboxylic acids is 1. The molecule has 7 N–H and O–H groups in total. The highest BCUT2D eigenvalue weighted by Gasteiger charge is 2.18. The van der Waals surface area contributed by atoms with Crippen molar-refractivity contribution in [3.63, 3.8) is 0 Å². The third-order valence-corrected chi connectivity index (χ3v) is 3.54. The second kappa shape index (κ2) is 13.9. The molecular formula is C17H33N5O4. The number of carbonyl (C=O) groups excluding carboxylic acids is 2. The average Bonchev–Trinajstić information content (AvgIpc) is 2.47. The van der Waals surface area contributed by atoms with Crippen LogP contribution in [0.15, 0.2) is 0 Å². The lowest BCUT2D eigenvalue weighted by molar-refractivity contribution is -0.138. The van der Waals surface area contributed by atoms with Crippen molar-refractivity contribution in [3.8, 4) is 0 Å². The van der Waals surface area contributed by atoms with Crippen LogP contribution in [0.2, 0.25) is 0 Å². The fourth-order valence-electron chi connectivity index (χ4n) is 2.37. The monoisotopic (exact) mass is 371 g/mol. The minimum Gasteiger partial charge on any atom is -0.481 e. The molecule has 26 heavy (non-hydrogen) atoms. The Labute approximate surface area is 155 Å². The summed E-state index contributed by atoms with van der Waals surface area (Å²) in [4.78, 5) is 34.6. The van der Waals surface area contributed by atoms with E-state index in [1.807, 2.05) is 13.8 Å². The number of carbonyl (C=O) groups is 3. The number of amides is 2. The minimum atomic E-state index is -1.08. The molecule has 0 bridgehead atoms. The van der Waals surface area contributed by atoms with Gasteiger partial charge in [0.05, 0.1) is 6.42 Å². The lowest BCUT2D eigenvalue weighted by Crippen LogP contribution is -2.49. The van der Waals surface area contributed by atoms with Gasteiger partial charge in [0.15, 0.2) is 5.96 Å². The molecule has 0 aromatic rings. The number of hydrogen-bond acceptors (Lipinski definition) is 4. The van der Waals surface area contributed by atoms with Crippen LogP contribution in [0, 0.1) is 11.3 Å². The number of rotatable bonds is 14. The predicted molar refractivity (Wildman–Crippen MR) is 99.4 cm³/mol. The number of carboxylic acids is 1. The van der Waals surface area contributed by atoms with E-state index in [2.05, 4.69) is 16.0 Å². The highest BCUT2D eigenvalue weighted by molar-refractivity contribution is 5.80. The van der Waals surface area contributed by atoms with Gasteiger partial charge in [0.2, 0.25) is 11.8 Å². The van der Waals surface area contributed by atoms with Crippen LogP contribution in [0.3, 0.4) is 0 Å². The van der Waals surface area contributed by atoms with Crippen molar-refractivity contribution in [1.29, 1.82) is 5.41 Å². The zero-order valence-electron chi connectivity index (χ0n) is 15.8. The number of hydrogen-bond donors (Lipinski definition) is 6. The number of unbranched alkanes of at least 4 members (excludes halogenated alkanes) is 4. The quantitative estimate of drug-likeness (QED) is 0.115. The third-order valence-electron chi connectivity index (χ3n) is 3.54. The molecule has 0 aromatic heterocycles. The van der Waals surface area contributed by atoms with Crippen LogP contribution in [-0.2, 0) is 14.4 Å². The first kappa shape index (κ1) is 23.7. The Hall–Kier alpha value is -2.32. The lowest BCUT2D eigenvalue weighted by Gasteiger charge is -2.19. The van der Waals surface area contributed by atoms with Crippen molar-refractivity contribution in [1.82, 2.24) is 16.0 Å². The number of carboxylic acid groups (broad SMARTS) is 1. The van der Waals surface area contributed by atoms with Crippen molar-refractivity contribution in [2.24, 2.45) is 11.7 Å². The zero-order valence-corrected chi connectivity index (χ0v) is 15.8. The van der Waals surface area contributed by atoms with Crippen molar-refractivity contribution in [3.05, 3.63) is 0 Å². The molecule has 0 unspecified atom stereocenters. The Bertz CT molecular complexity index is 468. The Morgan fingerprint density at radius 2 is 1.54 bits per heavy atom. The van der Waals surface area contributed by atoms with Crippen LogP contribution in [0.1, 0.15) is 65.2 Å². The lowest BCUT2D eigenvalue weighted by atomic mass is 10.1. The van der Waals surface area contributed by atoms with Gasteiger partial charge in [-0.25, -0.2) is 0 Å². The topological polar surface area (TPSA) is 157 Å². The SMILES string of the molecule is CC(C)CC(=O)N[C@@H](CC(=O)O)NC(=O)CCCCCCCNC(=N)N. The maximum atomic E-state index is 11.9. The summed E-state index contributed by atoms with van der Waals surface area (Å²) in [6.07, 6.45) is 3.79. The molecular weight excluding hydrogens is 338 g/mol. The molecule has 0 spiro atoms. The Morgan fingerprint density at radius 3 is 2.12 bits per heavy atom. The van der Waals surface area contributed by atoms with E-state index in [9.17, 15) is 14.4 Å².